The van der Waals surface area contributed by atoms with Crippen molar-refractivity contribution >= 4 is 11.9 Å². The van der Waals surface area contributed by atoms with Crippen molar-refractivity contribution in [2.75, 3.05) is 26.4 Å². The van der Waals surface area contributed by atoms with Crippen LogP contribution in [0.4, 0.5) is 4.39 Å². The standard InChI is InChI=1S/C35H37FO8/c1-22(2)17-33(37)42-15-13-40-29-18-27(19-30(21-29)41-14-16-43-34(38)23(3)4)26-9-12-31(32(36)20-26)25-7-10-28(11-8-25)44-35(39)24(5)6/h7-12,18-21,35,39H,1,3,5,13-17H2,2,4,6H3. The summed E-state index contributed by atoms with van der Waals surface area (Å²) in [6.07, 6.45) is -1.01. The number of ether oxygens (including phenoxy) is 5. The zero-order valence-corrected chi connectivity index (χ0v) is 25.2. The predicted octanol–water partition coefficient (Wildman–Crippen LogP) is 6.82. The van der Waals surface area contributed by atoms with Crippen molar-refractivity contribution in [3.63, 3.8) is 0 Å². The van der Waals surface area contributed by atoms with Gasteiger partial charge in [0.15, 0.2) is 0 Å². The highest BCUT2D eigenvalue weighted by Crippen LogP contribution is 2.33. The summed E-state index contributed by atoms with van der Waals surface area (Å²) < 4.78 is 42.6. The first-order valence-electron chi connectivity index (χ1n) is 13.9. The molecule has 8 nitrogen and oxygen atoms in total. The van der Waals surface area contributed by atoms with Crippen LogP contribution in [0.3, 0.4) is 0 Å². The molecule has 0 aliphatic heterocycles. The molecule has 9 heteroatoms. The van der Waals surface area contributed by atoms with Crippen LogP contribution in [-0.4, -0.2) is 49.8 Å². The molecule has 0 fully saturated rings. The van der Waals surface area contributed by atoms with E-state index in [0.29, 0.717) is 50.6 Å². The highest BCUT2D eigenvalue weighted by atomic mass is 19.1. The van der Waals surface area contributed by atoms with E-state index in [4.69, 9.17) is 23.7 Å². The van der Waals surface area contributed by atoms with Crippen LogP contribution in [0.25, 0.3) is 22.3 Å². The van der Waals surface area contributed by atoms with Gasteiger partial charge in [0, 0.05) is 17.2 Å². The maximum absolute atomic E-state index is 15.4. The maximum Gasteiger partial charge on any atom is 0.333 e. The first-order chi connectivity index (χ1) is 20.9. The third-order valence-electron chi connectivity index (χ3n) is 6.01. The van der Waals surface area contributed by atoms with E-state index >= 15 is 4.39 Å². The minimum absolute atomic E-state index is 0.00406. The number of hydrogen-bond acceptors (Lipinski definition) is 8. The van der Waals surface area contributed by atoms with E-state index < -0.39 is 24.0 Å². The summed E-state index contributed by atoms with van der Waals surface area (Å²) in [5.74, 6) is -0.140. The Morgan fingerprint density at radius 2 is 1.34 bits per heavy atom. The van der Waals surface area contributed by atoms with Crippen LogP contribution in [0.5, 0.6) is 17.2 Å². The highest BCUT2D eigenvalue weighted by molar-refractivity contribution is 5.86. The average Bonchev–Trinajstić information content (AvgIpc) is 2.97. The third-order valence-corrected chi connectivity index (χ3v) is 6.01. The molecule has 0 heterocycles. The van der Waals surface area contributed by atoms with Gasteiger partial charge in [-0.2, -0.15) is 0 Å². The van der Waals surface area contributed by atoms with Gasteiger partial charge in [0.2, 0.25) is 6.29 Å². The van der Waals surface area contributed by atoms with Gasteiger partial charge in [0.05, 0.1) is 6.42 Å². The summed E-state index contributed by atoms with van der Waals surface area (Å²) in [6.45, 7) is 16.0. The number of esters is 2. The van der Waals surface area contributed by atoms with Crippen LogP contribution in [0.1, 0.15) is 27.2 Å². The van der Waals surface area contributed by atoms with Crippen LogP contribution in [0.15, 0.2) is 97.1 Å². The van der Waals surface area contributed by atoms with Crippen LogP contribution in [0, 0.1) is 5.82 Å². The van der Waals surface area contributed by atoms with Crippen molar-refractivity contribution in [3.8, 4) is 39.5 Å². The number of hydrogen-bond donors (Lipinski definition) is 1. The van der Waals surface area contributed by atoms with Gasteiger partial charge < -0.3 is 28.8 Å². The van der Waals surface area contributed by atoms with Gasteiger partial charge in [-0.05, 0) is 73.4 Å². The Bertz CT molecular complexity index is 1510. The molecule has 0 saturated heterocycles. The number of benzene rings is 3. The molecule has 0 aliphatic carbocycles. The molecular weight excluding hydrogens is 567 g/mol. The van der Waals surface area contributed by atoms with Gasteiger partial charge in [-0.1, -0.05) is 49.6 Å². The molecule has 0 radical (unpaired) electrons. The van der Waals surface area contributed by atoms with Gasteiger partial charge in [-0.25, -0.2) is 9.18 Å². The second kappa shape index (κ2) is 16.1. The Labute approximate surface area is 257 Å². The van der Waals surface area contributed by atoms with Crippen LogP contribution < -0.4 is 14.2 Å². The predicted molar refractivity (Wildman–Crippen MR) is 166 cm³/mol. The number of carbonyl (C=O) groups is 2. The highest BCUT2D eigenvalue weighted by Gasteiger charge is 2.13. The minimum atomic E-state index is -1.13. The van der Waals surface area contributed by atoms with Gasteiger partial charge >= 0.3 is 11.9 Å². The first kappa shape index (κ1) is 33.6. The Kier molecular flexibility index (Phi) is 12.3. The smallest absolute Gasteiger partial charge is 0.333 e. The van der Waals surface area contributed by atoms with Crippen LogP contribution >= 0.6 is 0 Å². The van der Waals surface area contributed by atoms with E-state index in [2.05, 4.69) is 19.7 Å². The summed E-state index contributed by atoms with van der Waals surface area (Å²) in [7, 11) is 0. The molecule has 0 saturated carbocycles. The van der Waals surface area contributed by atoms with E-state index in [9.17, 15) is 14.7 Å². The average molecular weight is 605 g/mol. The Morgan fingerprint density at radius 3 is 1.89 bits per heavy atom. The van der Waals surface area contributed by atoms with E-state index in [1.54, 1.807) is 75.4 Å². The van der Waals surface area contributed by atoms with Crippen molar-refractivity contribution in [1.82, 2.24) is 0 Å². The zero-order chi connectivity index (χ0) is 32.2. The number of halogens is 1. The lowest BCUT2D eigenvalue weighted by Gasteiger charge is -2.14. The molecule has 3 rings (SSSR count). The number of rotatable bonds is 16. The third kappa shape index (κ3) is 10.4. The summed E-state index contributed by atoms with van der Waals surface area (Å²) >= 11 is 0. The lowest BCUT2D eigenvalue weighted by atomic mass is 9.99. The molecule has 0 spiro atoms. The minimum Gasteiger partial charge on any atom is -0.490 e. The van der Waals surface area contributed by atoms with E-state index in [-0.39, 0.29) is 38.4 Å². The fourth-order valence-electron chi connectivity index (χ4n) is 3.81. The molecule has 44 heavy (non-hydrogen) atoms. The molecule has 1 N–H and O–H groups in total. The molecule has 1 unspecified atom stereocenters. The SMILES string of the molecule is C=C(C)CC(=O)OCCOc1cc(OCCOC(=O)C(=C)C)cc(-c2ccc(-c3ccc(OC(O)C(=C)C)cc3)c(F)c2)c1. The monoisotopic (exact) mass is 604 g/mol. The quantitative estimate of drug-likeness (QED) is 0.0625. The summed E-state index contributed by atoms with van der Waals surface area (Å²) in [5.41, 5.74) is 3.61. The van der Waals surface area contributed by atoms with Gasteiger partial charge in [0.1, 0.15) is 49.5 Å². The fourth-order valence-corrected chi connectivity index (χ4v) is 3.81. The molecule has 0 aliphatic rings. The lowest BCUT2D eigenvalue weighted by Crippen LogP contribution is -2.15. The van der Waals surface area contributed by atoms with Gasteiger partial charge in [0.25, 0.3) is 0 Å². The maximum atomic E-state index is 15.4. The lowest BCUT2D eigenvalue weighted by molar-refractivity contribution is -0.143. The van der Waals surface area contributed by atoms with E-state index in [0.717, 1.165) is 0 Å². The molecule has 3 aromatic carbocycles. The van der Waals surface area contributed by atoms with E-state index in [1.807, 2.05) is 0 Å². The largest absolute Gasteiger partial charge is 0.490 e. The molecule has 0 aromatic heterocycles. The van der Waals surface area contributed by atoms with Crippen molar-refractivity contribution in [2.24, 2.45) is 0 Å². The molecule has 232 valence electrons. The molecule has 0 amide bonds. The summed E-state index contributed by atoms with van der Waals surface area (Å²) in [6, 6.07) is 16.6. The molecule has 3 aromatic rings. The summed E-state index contributed by atoms with van der Waals surface area (Å²) in [5, 5.41) is 9.86. The van der Waals surface area contributed by atoms with Gasteiger partial charge in [-0.3, -0.25) is 4.79 Å². The van der Waals surface area contributed by atoms with Crippen LogP contribution in [0.2, 0.25) is 0 Å². The van der Waals surface area contributed by atoms with E-state index in [1.165, 1.54) is 6.07 Å². The zero-order valence-electron chi connectivity index (χ0n) is 25.2. The molecule has 1 atom stereocenters. The Hall–Kier alpha value is -4.89. The van der Waals surface area contributed by atoms with Gasteiger partial charge in [-0.15, -0.1) is 0 Å². The summed E-state index contributed by atoms with van der Waals surface area (Å²) in [4.78, 5) is 23.4. The molecular formula is C35H37FO8. The number of aliphatic hydroxyl groups is 1. The molecule has 0 bridgehead atoms. The van der Waals surface area contributed by atoms with Crippen molar-refractivity contribution in [1.29, 1.82) is 0 Å². The van der Waals surface area contributed by atoms with Crippen LogP contribution in [-0.2, 0) is 19.1 Å². The number of carbonyl (C=O) groups excluding carboxylic acids is 2. The normalized spacial score (nSPS) is 11.2. The van der Waals surface area contributed by atoms with Crippen molar-refractivity contribution in [2.45, 2.75) is 33.5 Å². The second-order valence-electron chi connectivity index (χ2n) is 10.2. The second-order valence-corrected chi connectivity index (χ2v) is 10.2. The fraction of sp³-hybridized carbons (Fsp3) is 0.257. The first-order valence-corrected chi connectivity index (χ1v) is 13.9. The Balaban J connectivity index is 1.78. The van der Waals surface area contributed by atoms with Crippen molar-refractivity contribution < 1.29 is 42.8 Å². The number of aliphatic hydroxyl groups excluding tert-OH is 1. The van der Waals surface area contributed by atoms with Crippen molar-refractivity contribution in [3.05, 3.63) is 103 Å². The topological polar surface area (TPSA) is 101 Å². The Morgan fingerprint density at radius 1 is 0.750 bits per heavy atom.